The first kappa shape index (κ1) is 10.1. The summed E-state index contributed by atoms with van der Waals surface area (Å²) in [5.41, 5.74) is 7.35. The van der Waals surface area contributed by atoms with E-state index in [1.807, 2.05) is 19.1 Å². The Bertz CT molecular complexity index is 459. The number of pyridine rings is 1. The Morgan fingerprint density at radius 1 is 1.53 bits per heavy atom. The molecule has 2 heterocycles. The highest BCUT2D eigenvalue weighted by molar-refractivity contribution is 6.31. The van der Waals surface area contributed by atoms with Crippen LogP contribution in [0.3, 0.4) is 0 Å². The molecule has 2 aromatic heterocycles. The van der Waals surface area contributed by atoms with E-state index in [4.69, 9.17) is 17.3 Å². The van der Waals surface area contributed by atoms with Gasteiger partial charge in [-0.15, -0.1) is 0 Å². The maximum Gasteiger partial charge on any atom is 0.153 e. The van der Waals surface area contributed by atoms with Gasteiger partial charge in [0.25, 0.3) is 0 Å². The van der Waals surface area contributed by atoms with Gasteiger partial charge in [-0.25, -0.2) is 9.67 Å². The van der Waals surface area contributed by atoms with Gasteiger partial charge in [-0.3, -0.25) is 0 Å². The van der Waals surface area contributed by atoms with Crippen molar-refractivity contribution in [1.82, 2.24) is 14.8 Å². The van der Waals surface area contributed by atoms with E-state index < -0.39 is 0 Å². The van der Waals surface area contributed by atoms with E-state index in [9.17, 15) is 0 Å². The van der Waals surface area contributed by atoms with Gasteiger partial charge >= 0.3 is 0 Å². The summed E-state index contributed by atoms with van der Waals surface area (Å²) < 4.78 is 1.65. The first-order valence-corrected chi connectivity index (χ1v) is 4.95. The van der Waals surface area contributed by atoms with Gasteiger partial charge in [-0.2, -0.15) is 5.10 Å². The number of hydrogen-bond acceptors (Lipinski definition) is 3. The smallest absolute Gasteiger partial charge is 0.153 e. The summed E-state index contributed by atoms with van der Waals surface area (Å²) in [5.74, 6) is 0.730. The molecular formula is C10H11ClN4. The number of halogens is 1. The summed E-state index contributed by atoms with van der Waals surface area (Å²) >= 11 is 5.92. The molecule has 78 valence electrons. The maximum atomic E-state index is 5.92. The molecule has 15 heavy (non-hydrogen) atoms. The lowest BCUT2D eigenvalue weighted by atomic mass is 10.2. The van der Waals surface area contributed by atoms with Crippen LogP contribution in [-0.2, 0) is 6.54 Å². The molecule has 0 atom stereocenters. The first-order valence-electron chi connectivity index (χ1n) is 4.58. The quantitative estimate of drug-likeness (QED) is 0.841. The number of aromatic nitrogens is 3. The van der Waals surface area contributed by atoms with E-state index in [2.05, 4.69) is 10.1 Å². The highest BCUT2D eigenvalue weighted by Crippen LogP contribution is 2.15. The van der Waals surface area contributed by atoms with Gasteiger partial charge in [0.15, 0.2) is 5.82 Å². The zero-order valence-electron chi connectivity index (χ0n) is 8.31. The molecule has 0 aromatic carbocycles. The molecule has 0 aliphatic rings. The first-order chi connectivity index (χ1) is 7.20. The van der Waals surface area contributed by atoms with E-state index in [0.29, 0.717) is 11.6 Å². The number of rotatable bonds is 2. The van der Waals surface area contributed by atoms with E-state index in [0.717, 1.165) is 17.1 Å². The molecule has 0 saturated heterocycles. The normalized spacial score (nSPS) is 10.6. The molecule has 4 nitrogen and oxygen atoms in total. The van der Waals surface area contributed by atoms with Gasteiger partial charge in [0.2, 0.25) is 0 Å². The molecule has 0 fully saturated rings. The fraction of sp³-hybridized carbons (Fsp3) is 0.200. The van der Waals surface area contributed by atoms with Gasteiger partial charge in [0.1, 0.15) is 0 Å². The highest BCUT2D eigenvalue weighted by atomic mass is 35.5. The van der Waals surface area contributed by atoms with Crippen molar-refractivity contribution < 1.29 is 0 Å². The van der Waals surface area contributed by atoms with Crippen molar-refractivity contribution in [3.05, 3.63) is 40.8 Å². The number of hydrogen-bond donors (Lipinski definition) is 1. The predicted molar refractivity (Wildman–Crippen MR) is 59.0 cm³/mol. The molecule has 0 aliphatic heterocycles. The van der Waals surface area contributed by atoms with Gasteiger partial charge in [-0.1, -0.05) is 11.6 Å². The summed E-state index contributed by atoms with van der Waals surface area (Å²) in [6, 6.07) is 3.77. The molecule has 2 aromatic rings. The summed E-state index contributed by atoms with van der Waals surface area (Å²) in [4.78, 5) is 4.20. The van der Waals surface area contributed by atoms with Crippen LogP contribution in [0, 0.1) is 6.92 Å². The second-order valence-electron chi connectivity index (χ2n) is 3.23. The molecule has 0 saturated carbocycles. The van der Waals surface area contributed by atoms with Crippen molar-refractivity contribution in [3.8, 4) is 5.82 Å². The van der Waals surface area contributed by atoms with Crippen molar-refractivity contribution in [2.24, 2.45) is 5.73 Å². The third-order valence-corrected chi connectivity index (χ3v) is 2.49. The predicted octanol–water partition coefficient (Wildman–Crippen LogP) is 1.69. The van der Waals surface area contributed by atoms with Gasteiger partial charge in [0, 0.05) is 12.7 Å². The van der Waals surface area contributed by atoms with Crippen molar-refractivity contribution >= 4 is 11.6 Å². The Morgan fingerprint density at radius 3 is 2.93 bits per heavy atom. The van der Waals surface area contributed by atoms with Crippen molar-refractivity contribution in [3.63, 3.8) is 0 Å². The molecule has 0 radical (unpaired) electrons. The van der Waals surface area contributed by atoms with Crippen molar-refractivity contribution in [2.45, 2.75) is 13.5 Å². The second kappa shape index (κ2) is 4.00. The van der Waals surface area contributed by atoms with Crippen LogP contribution in [0.2, 0.25) is 5.02 Å². The van der Waals surface area contributed by atoms with Crippen LogP contribution in [0.4, 0.5) is 0 Å². The molecule has 0 spiro atoms. The molecule has 5 heteroatoms. The molecule has 0 aliphatic carbocycles. The lowest BCUT2D eigenvalue weighted by Crippen LogP contribution is -2.02. The molecule has 2 N–H and O–H groups in total. The second-order valence-corrected chi connectivity index (χ2v) is 3.64. The average Bonchev–Trinajstić information content (AvgIpc) is 2.59. The summed E-state index contributed by atoms with van der Waals surface area (Å²) in [7, 11) is 0. The van der Waals surface area contributed by atoms with E-state index in [-0.39, 0.29) is 0 Å². The van der Waals surface area contributed by atoms with Crippen LogP contribution < -0.4 is 5.73 Å². The van der Waals surface area contributed by atoms with Crippen LogP contribution in [0.5, 0.6) is 0 Å². The molecule has 2 rings (SSSR count). The van der Waals surface area contributed by atoms with E-state index in [1.165, 1.54) is 0 Å². The van der Waals surface area contributed by atoms with Crippen LogP contribution in [0.1, 0.15) is 11.3 Å². The fourth-order valence-electron chi connectivity index (χ4n) is 1.27. The van der Waals surface area contributed by atoms with Crippen LogP contribution in [0.15, 0.2) is 24.5 Å². The topological polar surface area (TPSA) is 56.7 Å². The Labute approximate surface area is 92.7 Å². The molecule has 0 bridgehead atoms. The number of nitrogens with zero attached hydrogens (tertiary/aromatic N) is 3. The van der Waals surface area contributed by atoms with Gasteiger partial charge in [-0.05, 0) is 24.6 Å². The Kier molecular flexibility index (Phi) is 2.70. The van der Waals surface area contributed by atoms with Crippen molar-refractivity contribution in [2.75, 3.05) is 0 Å². The lowest BCUT2D eigenvalue weighted by molar-refractivity contribution is 0.828. The Hall–Kier alpha value is -1.39. The highest BCUT2D eigenvalue weighted by Gasteiger charge is 2.04. The summed E-state index contributed by atoms with van der Waals surface area (Å²) in [6.07, 6.45) is 3.45. The third kappa shape index (κ3) is 2.00. The molecule has 0 amide bonds. The lowest BCUT2D eigenvalue weighted by Gasteiger charge is -2.01. The van der Waals surface area contributed by atoms with E-state index >= 15 is 0 Å². The average molecular weight is 223 g/mol. The Morgan fingerprint density at radius 2 is 2.33 bits per heavy atom. The standard InChI is InChI=1S/C10H11ClN4/c1-7-9(11)6-15(14-7)10-4-8(5-12)2-3-13-10/h2-4,6H,5,12H2,1H3. The molecule has 0 unspecified atom stereocenters. The van der Waals surface area contributed by atoms with Crippen LogP contribution >= 0.6 is 11.6 Å². The van der Waals surface area contributed by atoms with Crippen molar-refractivity contribution in [1.29, 1.82) is 0 Å². The number of nitrogens with two attached hydrogens (primary N) is 1. The molecular weight excluding hydrogens is 212 g/mol. The minimum Gasteiger partial charge on any atom is -0.326 e. The minimum atomic E-state index is 0.490. The van der Waals surface area contributed by atoms with E-state index in [1.54, 1.807) is 17.1 Å². The monoisotopic (exact) mass is 222 g/mol. The minimum absolute atomic E-state index is 0.490. The number of aryl methyl sites for hydroxylation is 1. The summed E-state index contributed by atoms with van der Waals surface area (Å²) in [6.45, 7) is 2.34. The summed E-state index contributed by atoms with van der Waals surface area (Å²) in [5, 5.41) is 4.87. The SMILES string of the molecule is Cc1nn(-c2cc(CN)ccn2)cc1Cl. The zero-order chi connectivity index (χ0) is 10.8. The largest absolute Gasteiger partial charge is 0.326 e. The fourth-order valence-corrected chi connectivity index (χ4v) is 1.40. The third-order valence-electron chi connectivity index (χ3n) is 2.12. The van der Waals surface area contributed by atoms with Crippen LogP contribution in [0.25, 0.3) is 5.82 Å². The Balaban J connectivity index is 2.44. The van der Waals surface area contributed by atoms with Gasteiger partial charge < -0.3 is 5.73 Å². The maximum absolute atomic E-state index is 5.92. The van der Waals surface area contributed by atoms with Crippen LogP contribution in [-0.4, -0.2) is 14.8 Å². The zero-order valence-corrected chi connectivity index (χ0v) is 9.07. The van der Waals surface area contributed by atoms with Gasteiger partial charge in [0.05, 0.1) is 16.9 Å².